The Morgan fingerprint density at radius 1 is 0.917 bits per heavy atom. The van der Waals surface area contributed by atoms with Gasteiger partial charge in [0.05, 0.1) is 24.8 Å². The average Bonchev–Trinajstić information content (AvgIpc) is 3.73. The maximum Gasteiger partial charge on any atom is 0.255 e. The molecule has 20 nitrogen and oxygen atoms in total. The summed E-state index contributed by atoms with van der Waals surface area (Å²) in [4.78, 5) is 71.4. The first-order valence-electron chi connectivity index (χ1n) is 24.5. The number of imide groups is 1. The van der Waals surface area contributed by atoms with Crippen molar-refractivity contribution in [2.45, 2.75) is 82.0 Å². The van der Waals surface area contributed by atoms with Gasteiger partial charge < -0.3 is 55.9 Å². The number of nitrogens with zero attached hydrogens (tertiary/aromatic N) is 4. The number of carbonyl (C=O) groups is 5. The Bertz CT molecular complexity index is 2640. The van der Waals surface area contributed by atoms with Crippen LogP contribution in [0, 0.1) is 5.41 Å². The molecule has 1 unspecified atom stereocenters. The van der Waals surface area contributed by atoms with E-state index in [4.69, 9.17) is 24.8 Å². The number of nitrogens with two attached hydrogens (primary N) is 1. The lowest BCUT2D eigenvalue weighted by atomic mass is 9.85. The number of unbranched alkanes of at least 4 members (excludes halogenated alkanes) is 2. The van der Waals surface area contributed by atoms with E-state index in [1.54, 1.807) is 48.8 Å². The van der Waals surface area contributed by atoms with Gasteiger partial charge in [0, 0.05) is 104 Å². The second-order valence-corrected chi connectivity index (χ2v) is 18.4. The van der Waals surface area contributed by atoms with Gasteiger partial charge in [-0.25, -0.2) is 0 Å². The van der Waals surface area contributed by atoms with Crippen molar-refractivity contribution in [3.05, 3.63) is 113 Å². The van der Waals surface area contributed by atoms with Gasteiger partial charge >= 0.3 is 0 Å². The molecule has 4 aliphatic rings. The smallest absolute Gasteiger partial charge is 0.255 e. The minimum atomic E-state index is -0.761. The Balaban J connectivity index is 0.724. The molecule has 5 amide bonds. The molecule has 4 aliphatic heterocycles. The number of aromatic nitrogens is 1. The fourth-order valence-electron chi connectivity index (χ4n) is 9.32. The molecule has 4 aromatic rings. The minimum absolute atomic E-state index is 0.158. The molecule has 2 saturated heterocycles. The zero-order valence-corrected chi connectivity index (χ0v) is 40.5. The van der Waals surface area contributed by atoms with Crippen LogP contribution in [0.25, 0.3) is 0 Å². The second kappa shape index (κ2) is 24.1. The lowest BCUT2D eigenvalue weighted by Crippen LogP contribution is -2.58. The predicted octanol–water partition coefficient (Wildman–Crippen LogP) is 4.47. The Kier molecular flexibility index (Phi) is 17.1. The molecule has 3 aromatic carbocycles. The van der Waals surface area contributed by atoms with Crippen molar-refractivity contribution in [1.82, 2.24) is 30.7 Å². The van der Waals surface area contributed by atoms with Crippen molar-refractivity contribution in [3.8, 4) is 11.5 Å². The van der Waals surface area contributed by atoms with Crippen LogP contribution in [0.15, 0.2) is 90.3 Å². The van der Waals surface area contributed by atoms with Crippen molar-refractivity contribution in [3.63, 3.8) is 0 Å². The van der Waals surface area contributed by atoms with Crippen LogP contribution >= 0.6 is 0 Å². The molecule has 5 heterocycles. The second-order valence-electron chi connectivity index (χ2n) is 18.4. The van der Waals surface area contributed by atoms with E-state index in [0.29, 0.717) is 110 Å². The van der Waals surface area contributed by atoms with Gasteiger partial charge in [-0.05, 0) is 113 Å². The van der Waals surface area contributed by atoms with Crippen LogP contribution in [-0.2, 0) is 30.4 Å². The number of rotatable bonds is 21. The number of amides is 5. The summed E-state index contributed by atoms with van der Waals surface area (Å²) in [6, 6.07) is 20.6. The summed E-state index contributed by atoms with van der Waals surface area (Å²) in [5.41, 5.74) is 3.54. The van der Waals surface area contributed by atoms with E-state index in [2.05, 4.69) is 48.6 Å². The number of nitrogens with one attached hydrogen (secondary N) is 6. The number of ether oxygens (including phenoxy) is 4. The molecule has 2 atom stereocenters. The lowest BCUT2D eigenvalue weighted by Gasteiger charge is -2.42. The molecule has 2 fully saturated rings. The number of fused-ring (bicyclic) bond motifs is 2. The highest BCUT2D eigenvalue weighted by Gasteiger charge is 2.41. The van der Waals surface area contributed by atoms with Gasteiger partial charge in [0.2, 0.25) is 17.7 Å². The quantitative estimate of drug-likeness (QED) is 0.0152. The zero-order valence-electron chi connectivity index (χ0n) is 40.5. The number of carbonyl (C=O) groups excluding carboxylic acids is 5. The van der Waals surface area contributed by atoms with Crippen LogP contribution in [-0.4, -0.2) is 127 Å². The fraction of sp³-hybridized carbons (Fsp3) is 0.423. The SMILES string of the molecule is CN1CCC(Nc2cccc(C(=O)N[C@H]3CCOc4ccc(OCCCCCOCCCOCC(=O)Nc5cccc6c5CN(C5CCC(=O)NC5=O)C6=O)cc43)c2)(C(=N)N/C(=N\N)c2ccncc2)CC1. The van der Waals surface area contributed by atoms with E-state index in [-0.39, 0.29) is 61.5 Å². The van der Waals surface area contributed by atoms with Crippen molar-refractivity contribution in [2.75, 3.05) is 70.4 Å². The first-order chi connectivity index (χ1) is 35.0. The van der Waals surface area contributed by atoms with Gasteiger partial charge in [0.15, 0.2) is 5.84 Å². The van der Waals surface area contributed by atoms with E-state index in [0.717, 1.165) is 37.9 Å². The predicted molar refractivity (Wildman–Crippen MR) is 269 cm³/mol. The topological polar surface area (TPSA) is 264 Å². The van der Waals surface area contributed by atoms with Crippen LogP contribution in [0.1, 0.15) is 101 Å². The number of pyridine rings is 1. The molecule has 1 aromatic heterocycles. The number of benzene rings is 3. The van der Waals surface area contributed by atoms with Crippen molar-refractivity contribution < 1.29 is 42.9 Å². The first kappa shape index (κ1) is 51.0. The van der Waals surface area contributed by atoms with E-state index in [1.165, 1.54) is 4.90 Å². The number of likely N-dealkylation sites (tertiary alicyclic amines) is 1. The first-order valence-corrected chi connectivity index (χ1v) is 24.5. The molecule has 0 saturated carbocycles. The van der Waals surface area contributed by atoms with E-state index >= 15 is 0 Å². The van der Waals surface area contributed by atoms with Gasteiger partial charge in [0.25, 0.3) is 11.8 Å². The number of piperidine rings is 2. The molecule has 20 heteroatoms. The number of hydrogen-bond acceptors (Lipinski definition) is 15. The van der Waals surface area contributed by atoms with Gasteiger partial charge in [-0.2, -0.15) is 5.10 Å². The fourth-order valence-corrected chi connectivity index (χ4v) is 9.32. The minimum Gasteiger partial charge on any atom is -0.494 e. The lowest BCUT2D eigenvalue weighted by molar-refractivity contribution is -0.137. The molecule has 0 spiro atoms. The van der Waals surface area contributed by atoms with Gasteiger partial charge in [-0.15, -0.1) is 0 Å². The van der Waals surface area contributed by atoms with Gasteiger partial charge in [-0.3, -0.25) is 39.7 Å². The zero-order chi connectivity index (χ0) is 50.5. The number of anilines is 2. The summed E-state index contributed by atoms with van der Waals surface area (Å²) >= 11 is 0. The third-order valence-electron chi connectivity index (χ3n) is 13.3. The van der Waals surface area contributed by atoms with Crippen LogP contribution < -0.4 is 41.9 Å². The summed E-state index contributed by atoms with van der Waals surface area (Å²) in [5, 5.41) is 28.3. The van der Waals surface area contributed by atoms with E-state index in [1.807, 2.05) is 36.4 Å². The summed E-state index contributed by atoms with van der Waals surface area (Å²) < 4.78 is 23.4. The summed E-state index contributed by atoms with van der Waals surface area (Å²) in [6.07, 6.45) is 8.80. The highest BCUT2D eigenvalue weighted by Crippen LogP contribution is 2.36. The van der Waals surface area contributed by atoms with Crippen molar-refractivity contribution in [1.29, 1.82) is 5.41 Å². The maximum atomic E-state index is 13.8. The number of hydrazone groups is 1. The largest absolute Gasteiger partial charge is 0.494 e. The van der Waals surface area contributed by atoms with Crippen LogP contribution in [0.2, 0.25) is 0 Å². The van der Waals surface area contributed by atoms with Crippen LogP contribution in [0.3, 0.4) is 0 Å². The summed E-state index contributed by atoms with van der Waals surface area (Å²) in [5.74, 6) is 6.03. The molecule has 0 radical (unpaired) electrons. The van der Waals surface area contributed by atoms with Gasteiger partial charge in [-0.1, -0.05) is 12.1 Å². The monoisotopic (exact) mass is 985 g/mol. The molecule has 72 heavy (non-hydrogen) atoms. The van der Waals surface area contributed by atoms with E-state index in [9.17, 15) is 29.4 Å². The summed E-state index contributed by atoms with van der Waals surface area (Å²) in [6.45, 7) is 3.91. The average molecular weight is 986 g/mol. The number of amidine groups is 2. The molecule has 0 aliphatic carbocycles. The highest BCUT2D eigenvalue weighted by atomic mass is 16.5. The Hall–Kier alpha value is -7.42. The van der Waals surface area contributed by atoms with Crippen LogP contribution in [0.4, 0.5) is 11.4 Å². The van der Waals surface area contributed by atoms with Crippen LogP contribution in [0.5, 0.6) is 11.5 Å². The van der Waals surface area contributed by atoms with Gasteiger partial charge in [0.1, 0.15) is 30.0 Å². The van der Waals surface area contributed by atoms with Crippen molar-refractivity contribution >= 4 is 52.6 Å². The molecule has 8 N–H and O–H groups in total. The molecule has 0 bridgehead atoms. The molecule has 8 rings (SSSR count). The Labute approximate surface area is 418 Å². The number of hydrogen-bond donors (Lipinski definition) is 7. The molecular formula is C52H63N11O9. The summed E-state index contributed by atoms with van der Waals surface area (Å²) in [7, 11) is 2.06. The van der Waals surface area contributed by atoms with E-state index < -0.39 is 17.5 Å². The normalized spacial score (nSPS) is 18.5. The maximum absolute atomic E-state index is 13.8. The third-order valence-corrected chi connectivity index (χ3v) is 13.3. The molecular weight excluding hydrogens is 923 g/mol. The van der Waals surface area contributed by atoms with Crippen molar-refractivity contribution in [2.24, 2.45) is 10.9 Å². The standard InChI is InChI=1S/C52H63N11O9/c1-62-23-19-52(20-24-62,51(53)59-47(61-54)34-16-21-55-22-17-34)60-36-9-5-8-35(30-36)48(66)57-42-18-29-72-44-14-12-37(31-39(42)44)71-28-4-2-3-25-69-26-7-27-70-33-46(65)56-41-11-6-10-38-40(41)32-63(50(38)68)43-13-15-45(64)58-49(43)67/h5-6,8-12,14,16-17,21-22,30-31,42-43,60H,2-4,7,13,15,18-20,23-29,32-33,54H2,1H3,(H,56,65)(H,57,66)(H2,53,59,61)(H,58,64,67)/t42-,43?/m0/s1. The third kappa shape index (κ3) is 12.7. The molecule has 380 valence electrons. The highest BCUT2D eigenvalue weighted by molar-refractivity contribution is 6.12. The Morgan fingerprint density at radius 3 is 2.50 bits per heavy atom. The Morgan fingerprint density at radius 2 is 1.69 bits per heavy atom.